The van der Waals surface area contributed by atoms with Crippen molar-refractivity contribution in [2.24, 2.45) is 0 Å². The highest BCUT2D eigenvalue weighted by molar-refractivity contribution is 4.74. The molecule has 0 radical (unpaired) electrons. The highest BCUT2D eigenvalue weighted by atomic mass is 16.5. The topological polar surface area (TPSA) is 39.5 Å². The molecule has 0 spiro atoms. The molecule has 0 bridgehead atoms. The van der Waals surface area contributed by atoms with Crippen LogP contribution in [-0.2, 0) is 0 Å². The molecule has 1 unspecified atom stereocenters. The van der Waals surface area contributed by atoms with Crippen molar-refractivity contribution in [2.45, 2.75) is 6.42 Å². The van der Waals surface area contributed by atoms with E-state index in [0.29, 0.717) is 0 Å². The first-order valence-corrected chi connectivity index (χ1v) is 2.34. The zero-order valence-corrected chi connectivity index (χ0v) is 3.98. The van der Waals surface area contributed by atoms with Crippen LogP contribution in [0, 0.1) is 5.21 Å². The molecule has 0 aromatic carbocycles. The maximum atomic E-state index is 10.3. The first kappa shape index (κ1) is 4.77. The summed E-state index contributed by atoms with van der Waals surface area (Å²) in [7, 11) is 0. The molecule has 0 aromatic heterocycles. The van der Waals surface area contributed by atoms with Crippen molar-refractivity contribution in [3.05, 3.63) is 17.5 Å². The predicted octanol–water partition coefficient (Wildman–Crippen LogP) is -1.21. The largest absolute Gasteiger partial charge is 0.608 e. The van der Waals surface area contributed by atoms with Gasteiger partial charge in [-0.05, 0) is 12.5 Å². The SMILES string of the molecule is [O-][NH+]1C=CCCN1. The fraction of sp³-hybridized carbons (Fsp3) is 0.500. The molecule has 1 aliphatic heterocycles. The van der Waals surface area contributed by atoms with Crippen molar-refractivity contribution in [1.82, 2.24) is 5.43 Å². The lowest BCUT2D eigenvalue weighted by Crippen LogP contribution is -3.10. The fourth-order valence-electron chi connectivity index (χ4n) is 0.528. The van der Waals surface area contributed by atoms with Crippen LogP contribution in [-0.4, -0.2) is 6.54 Å². The molecule has 1 aliphatic rings. The summed E-state index contributed by atoms with van der Waals surface area (Å²) in [5, 5.41) is 10.3. The molecular formula is C4H8N2O. The first-order chi connectivity index (χ1) is 3.39. The van der Waals surface area contributed by atoms with Crippen molar-refractivity contribution < 1.29 is 5.17 Å². The Morgan fingerprint density at radius 3 is 2.86 bits per heavy atom. The summed E-state index contributed by atoms with van der Waals surface area (Å²) in [6.45, 7) is 0.801. The Morgan fingerprint density at radius 2 is 2.57 bits per heavy atom. The standard InChI is InChI=1S/C4H8N2O/c7-6-4-2-1-3-5-6/h2,4-6H,1,3H2. The van der Waals surface area contributed by atoms with Crippen LogP contribution in [0.3, 0.4) is 0 Å². The smallest absolute Gasteiger partial charge is 0.110 e. The Hall–Kier alpha value is -0.380. The zero-order valence-electron chi connectivity index (χ0n) is 3.98. The predicted molar refractivity (Wildman–Crippen MR) is 26.1 cm³/mol. The average Bonchev–Trinajstić information content (AvgIpc) is 1.69. The van der Waals surface area contributed by atoms with Gasteiger partial charge < -0.3 is 5.21 Å². The molecule has 0 fully saturated rings. The highest BCUT2D eigenvalue weighted by Crippen LogP contribution is 1.76. The number of hydroxylamine groups is 1. The van der Waals surface area contributed by atoms with Gasteiger partial charge in [-0.3, -0.25) is 5.17 Å². The minimum absolute atomic E-state index is 0.0336. The van der Waals surface area contributed by atoms with Crippen LogP contribution >= 0.6 is 0 Å². The molecule has 0 aliphatic carbocycles. The molecule has 40 valence electrons. The van der Waals surface area contributed by atoms with E-state index in [0.717, 1.165) is 13.0 Å². The maximum absolute atomic E-state index is 10.3. The van der Waals surface area contributed by atoms with E-state index < -0.39 is 0 Å². The average molecular weight is 100 g/mol. The number of quaternary nitrogens is 1. The number of nitrogens with one attached hydrogen (secondary N) is 2. The van der Waals surface area contributed by atoms with Gasteiger partial charge in [0.05, 0.1) is 0 Å². The van der Waals surface area contributed by atoms with E-state index in [-0.39, 0.29) is 5.17 Å². The summed E-state index contributed by atoms with van der Waals surface area (Å²) in [6.07, 6.45) is 4.41. The molecule has 1 heterocycles. The van der Waals surface area contributed by atoms with Crippen molar-refractivity contribution in [3.63, 3.8) is 0 Å². The lowest BCUT2D eigenvalue weighted by Gasteiger charge is -2.19. The van der Waals surface area contributed by atoms with E-state index in [1.165, 1.54) is 0 Å². The van der Waals surface area contributed by atoms with Crippen LogP contribution in [0.1, 0.15) is 6.42 Å². The second-order valence-corrected chi connectivity index (χ2v) is 1.48. The molecule has 7 heavy (non-hydrogen) atoms. The minimum atomic E-state index is 0.0336. The molecule has 3 heteroatoms. The van der Waals surface area contributed by atoms with Gasteiger partial charge in [-0.15, -0.1) is 0 Å². The molecule has 1 rings (SSSR count). The molecule has 3 nitrogen and oxygen atoms in total. The summed E-state index contributed by atoms with van der Waals surface area (Å²) in [6, 6.07) is 0. The number of rotatable bonds is 0. The molecule has 0 saturated heterocycles. The van der Waals surface area contributed by atoms with Crippen molar-refractivity contribution in [3.8, 4) is 0 Å². The van der Waals surface area contributed by atoms with Crippen LogP contribution < -0.4 is 10.6 Å². The van der Waals surface area contributed by atoms with Crippen LogP contribution in [0.15, 0.2) is 12.3 Å². The van der Waals surface area contributed by atoms with Gasteiger partial charge in [0.15, 0.2) is 0 Å². The third-order valence-corrected chi connectivity index (χ3v) is 0.879. The summed E-state index contributed by atoms with van der Waals surface area (Å²) < 4.78 is 0. The van der Waals surface area contributed by atoms with E-state index >= 15 is 0 Å². The molecule has 0 aromatic rings. The van der Waals surface area contributed by atoms with Gasteiger partial charge >= 0.3 is 0 Å². The van der Waals surface area contributed by atoms with Gasteiger partial charge in [0.25, 0.3) is 0 Å². The van der Waals surface area contributed by atoms with Gasteiger partial charge in [-0.25, -0.2) is 0 Å². The van der Waals surface area contributed by atoms with Gasteiger partial charge in [0, 0.05) is 6.54 Å². The van der Waals surface area contributed by atoms with E-state index in [1.807, 2.05) is 6.08 Å². The molecule has 1 atom stereocenters. The Labute approximate surface area is 42.2 Å². The summed E-state index contributed by atoms with van der Waals surface area (Å²) in [4.78, 5) is 0. The summed E-state index contributed by atoms with van der Waals surface area (Å²) >= 11 is 0. The first-order valence-electron chi connectivity index (χ1n) is 2.34. The molecule has 2 N–H and O–H groups in total. The Kier molecular flexibility index (Phi) is 1.41. The lowest BCUT2D eigenvalue weighted by molar-refractivity contribution is -0.845. The Morgan fingerprint density at radius 1 is 1.71 bits per heavy atom. The van der Waals surface area contributed by atoms with Gasteiger partial charge in [-0.1, -0.05) is 0 Å². The second kappa shape index (κ2) is 2.07. The monoisotopic (exact) mass is 100 g/mol. The normalized spacial score (nSPS) is 30.7. The van der Waals surface area contributed by atoms with E-state index in [4.69, 9.17) is 0 Å². The summed E-state index contributed by atoms with van der Waals surface area (Å²) in [5.74, 6) is 0. The van der Waals surface area contributed by atoms with Crippen LogP contribution in [0.5, 0.6) is 0 Å². The van der Waals surface area contributed by atoms with Crippen molar-refractivity contribution in [1.29, 1.82) is 0 Å². The van der Waals surface area contributed by atoms with E-state index in [9.17, 15) is 5.21 Å². The zero-order chi connectivity index (χ0) is 5.11. The molecule has 0 amide bonds. The van der Waals surface area contributed by atoms with Gasteiger partial charge in [0.2, 0.25) is 0 Å². The maximum Gasteiger partial charge on any atom is 0.110 e. The Balaban J connectivity index is 2.36. The molecular weight excluding hydrogens is 92.1 g/mol. The fourth-order valence-corrected chi connectivity index (χ4v) is 0.528. The Bertz CT molecular complexity index is 81.8. The lowest BCUT2D eigenvalue weighted by atomic mass is 10.4. The summed E-state index contributed by atoms with van der Waals surface area (Å²) in [5.41, 5.74) is 2.66. The van der Waals surface area contributed by atoms with Crippen LogP contribution in [0.2, 0.25) is 0 Å². The van der Waals surface area contributed by atoms with Crippen LogP contribution in [0.4, 0.5) is 0 Å². The van der Waals surface area contributed by atoms with Gasteiger partial charge in [-0.2, -0.15) is 5.43 Å². The van der Waals surface area contributed by atoms with Gasteiger partial charge in [0.1, 0.15) is 6.20 Å². The third kappa shape index (κ3) is 1.27. The quantitative estimate of drug-likeness (QED) is 0.375. The van der Waals surface area contributed by atoms with Crippen molar-refractivity contribution in [2.75, 3.05) is 6.54 Å². The third-order valence-electron chi connectivity index (χ3n) is 0.879. The van der Waals surface area contributed by atoms with Crippen molar-refractivity contribution >= 4 is 0 Å². The van der Waals surface area contributed by atoms with Crippen LogP contribution in [0.25, 0.3) is 0 Å². The number of hydrogen-bond donors (Lipinski definition) is 2. The highest BCUT2D eigenvalue weighted by Gasteiger charge is 1.93. The minimum Gasteiger partial charge on any atom is -0.608 e. The van der Waals surface area contributed by atoms with E-state index in [1.54, 1.807) is 6.20 Å². The molecule has 0 saturated carbocycles. The van der Waals surface area contributed by atoms with E-state index in [2.05, 4.69) is 5.43 Å². The number of hydrogen-bond acceptors (Lipinski definition) is 2. The second-order valence-electron chi connectivity index (χ2n) is 1.48.